The third-order valence-electron chi connectivity index (χ3n) is 15.2. The van der Waals surface area contributed by atoms with Gasteiger partial charge in [-0.2, -0.15) is 0 Å². The molecule has 8 nitrogen and oxygen atoms in total. The van der Waals surface area contributed by atoms with Gasteiger partial charge in [-0.05, 0) is 118 Å². The van der Waals surface area contributed by atoms with E-state index < -0.39 is 46.6 Å². The first-order chi connectivity index (χ1) is 22.6. The zero-order valence-electron chi connectivity index (χ0n) is 32.0. The molecule has 0 aromatic heterocycles. The summed E-state index contributed by atoms with van der Waals surface area (Å²) in [6.45, 7) is 24.2. The van der Waals surface area contributed by atoms with Gasteiger partial charge in [0.25, 0.3) is 0 Å². The fourth-order valence-electron chi connectivity index (χ4n) is 11.5. The summed E-state index contributed by atoms with van der Waals surface area (Å²) < 4.78 is 11.7. The van der Waals surface area contributed by atoms with Gasteiger partial charge < -0.3 is 29.9 Å². The fourth-order valence-corrected chi connectivity index (χ4v) is 11.5. The molecule has 4 aliphatic carbocycles. The van der Waals surface area contributed by atoms with Gasteiger partial charge in [-0.15, -0.1) is 6.58 Å². The first-order valence-corrected chi connectivity index (χ1v) is 18.6. The van der Waals surface area contributed by atoms with Crippen molar-refractivity contribution < 1.29 is 39.5 Å². The average Bonchev–Trinajstić information content (AvgIpc) is 3.04. The van der Waals surface area contributed by atoms with Crippen molar-refractivity contribution in [3.05, 3.63) is 36.0 Å². The van der Waals surface area contributed by atoms with E-state index in [1.165, 1.54) is 0 Å². The van der Waals surface area contributed by atoms with Gasteiger partial charge in [-0.1, -0.05) is 59.8 Å². The molecule has 0 radical (unpaired) electrons. The van der Waals surface area contributed by atoms with Crippen LogP contribution >= 0.6 is 0 Å². The van der Waals surface area contributed by atoms with Crippen LogP contribution in [0.25, 0.3) is 0 Å². The van der Waals surface area contributed by atoms with E-state index in [1.54, 1.807) is 32.9 Å². The number of aliphatic hydroxyl groups is 4. The normalized spacial score (nSPS) is 45.5. The smallest absolute Gasteiger partial charge is 0.333 e. The predicted octanol–water partition coefficient (Wildman–Crippen LogP) is 6.70. The van der Waals surface area contributed by atoms with Crippen molar-refractivity contribution in [1.82, 2.24) is 0 Å². The molecule has 12 atom stereocenters. The van der Waals surface area contributed by atoms with Crippen LogP contribution in [0, 0.1) is 50.2 Å². The van der Waals surface area contributed by atoms with Crippen LogP contribution in [0.1, 0.15) is 121 Å². The molecule has 0 aromatic rings. The molecule has 0 saturated heterocycles. The molecule has 49 heavy (non-hydrogen) atoms. The molecular weight excluding hydrogens is 620 g/mol. The summed E-state index contributed by atoms with van der Waals surface area (Å²) in [5.74, 6) is -0.804. The molecule has 0 bridgehead atoms. The highest BCUT2D eigenvalue weighted by molar-refractivity contribution is 5.88. The Bertz CT molecular complexity index is 1330. The largest absolute Gasteiger partial charge is 0.462 e. The predicted molar refractivity (Wildman–Crippen MR) is 191 cm³/mol. The lowest BCUT2D eigenvalue weighted by atomic mass is 9.35. The van der Waals surface area contributed by atoms with E-state index in [-0.39, 0.29) is 53.2 Å². The van der Waals surface area contributed by atoms with Crippen LogP contribution in [-0.2, 0) is 19.1 Å². The van der Waals surface area contributed by atoms with Crippen molar-refractivity contribution in [3.8, 4) is 0 Å². The number of carbonyl (C=O) groups is 2. The monoisotopic (exact) mass is 686 g/mol. The van der Waals surface area contributed by atoms with Crippen LogP contribution in [0.4, 0.5) is 0 Å². The topological polar surface area (TPSA) is 134 Å². The number of ether oxygens (including phenoxy) is 2. The van der Waals surface area contributed by atoms with Gasteiger partial charge in [0.05, 0.1) is 36.4 Å². The van der Waals surface area contributed by atoms with Crippen molar-refractivity contribution in [1.29, 1.82) is 0 Å². The second-order valence-corrected chi connectivity index (χ2v) is 18.1. The summed E-state index contributed by atoms with van der Waals surface area (Å²) in [6.07, 6.45) is 7.01. The minimum atomic E-state index is -1.26. The van der Waals surface area contributed by atoms with Gasteiger partial charge in [-0.3, -0.25) is 0 Å². The van der Waals surface area contributed by atoms with Gasteiger partial charge in [0, 0.05) is 16.6 Å². The highest BCUT2D eigenvalue weighted by Gasteiger charge is 2.70. The summed E-state index contributed by atoms with van der Waals surface area (Å²) in [6, 6.07) is 0. The average molecular weight is 687 g/mol. The number of allylic oxidation sites excluding steroid dienone is 3. The lowest BCUT2D eigenvalue weighted by Gasteiger charge is -2.70. The summed E-state index contributed by atoms with van der Waals surface area (Å²) in [5.41, 5.74) is -2.27. The minimum Gasteiger partial charge on any atom is -0.462 e. The first kappa shape index (κ1) is 39.8. The van der Waals surface area contributed by atoms with Gasteiger partial charge in [0.2, 0.25) is 0 Å². The van der Waals surface area contributed by atoms with Gasteiger partial charge in [-0.25, -0.2) is 9.59 Å². The maximum absolute atomic E-state index is 12.9. The maximum Gasteiger partial charge on any atom is 0.333 e. The maximum atomic E-state index is 12.9. The van der Waals surface area contributed by atoms with Crippen LogP contribution < -0.4 is 0 Å². The molecule has 0 spiro atoms. The summed E-state index contributed by atoms with van der Waals surface area (Å²) in [7, 11) is 0. The van der Waals surface area contributed by atoms with E-state index >= 15 is 0 Å². The number of hydrogen-bond acceptors (Lipinski definition) is 8. The summed E-state index contributed by atoms with van der Waals surface area (Å²) >= 11 is 0. The van der Waals surface area contributed by atoms with Gasteiger partial charge >= 0.3 is 11.9 Å². The van der Waals surface area contributed by atoms with Crippen molar-refractivity contribution in [3.63, 3.8) is 0 Å². The Morgan fingerprint density at radius 1 is 0.776 bits per heavy atom. The molecule has 4 fully saturated rings. The van der Waals surface area contributed by atoms with E-state index in [4.69, 9.17) is 9.47 Å². The number of esters is 2. The molecule has 4 rings (SSSR count). The van der Waals surface area contributed by atoms with Crippen LogP contribution in [-0.4, -0.2) is 70.0 Å². The van der Waals surface area contributed by atoms with E-state index in [0.29, 0.717) is 36.8 Å². The van der Waals surface area contributed by atoms with Gasteiger partial charge in [0.1, 0.15) is 6.61 Å². The SMILES string of the molecule is C=CCC1[C@@]2(C)CC[C@H](O)[C@](C)(COC(=O)/C(C)=C\C)C2CC[C@@]1(C)[C@@]1(C)CC2CC(C)(C)[C@@H](O)[C@H](O)[C@]2(COC(=O)/C(C)=C\C)[C@H](O)C1. The molecule has 4 aliphatic rings. The molecule has 4 saturated carbocycles. The van der Waals surface area contributed by atoms with Crippen LogP contribution in [0.2, 0.25) is 0 Å². The molecular formula is C41H66O8. The van der Waals surface area contributed by atoms with Crippen molar-refractivity contribution in [2.45, 2.75) is 145 Å². The first-order valence-electron chi connectivity index (χ1n) is 18.6. The molecule has 3 unspecified atom stereocenters. The molecule has 0 aromatic carbocycles. The van der Waals surface area contributed by atoms with Crippen molar-refractivity contribution >= 4 is 11.9 Å². The molecule has 278 valence electrons. The Kier molecular flexibility index (Phi) is 11.2. The molecule has 8 heteroatoms. The molecule has 4 N–H and O–H groups in total. The second-order valence-electron chi connectivity index (χ2n) is 18.1. The molecule has 0 aliphatic heterocycles. The van der Waals surface area contributed by atoms with Crippen LogP contribution in [0.15, 0.2) is 36.0 Å². The third-order valence-corrected chi connectivity index (χ3v) is 15.2. The van der Waals surface area contributed by atoms with E-state index in [1.807, 2.05) is 26.8 Å². The molecule has 0 amide bonds. The Hall–Kier alpha value is -2.00. The lowest BCUT2D eigenvalue weighted by Crippen LogP contribution is -2.70. The zero-order chi connectivity index (χ0) is 37.0. The number of rotatable bonds is 9. The zero-order valence-corrected chi connectivity index (χ0v) is 32.0. The third kappa shape index (κ3) is 6.29. The highest BCUT2D eigenvalue weighted by atomic mass is 16.5. The van der Waals surface area contributed by atoms with Crippen molar-refractivity contribution in [2.75, 3.05) is 13.2 Å². The minimum absolute atomic E-state index is 0.0940. The quantitative estimate of drug-likeness (QED) is 0.120. The summed E-state index contributed by atoms with van der Waals surface area (Å²) in [4.78, 5) is 25.6. The second kappa shape index (κ2) is 13.9. The van der Waals surface area contributed by atoms with E-state index in [0.717, 1.165) is 25.7 Å². The van der Waals surface area contributed by atoms with E-state index in [9.17, 15) is 30.0 Å². The Morgan fingerprint density at radius 2 is 1.35 bits per heavy atom. The lowest BCUT2D eigenvalue weighted by molar-refractivity contribution is -0.276. The van der Waals surface area contributed by atoms with Crippen LogP contribution in [0.3, 0.4) is 0 Å². The number of carbonyl (C=O) groups excluding carboxylic acids is 2. The molecule has 0 heterocycles. The Labute approximate surface area is 295 Å². The Morgan fingerprint density at radius 3 is 1.90 bits per heavy atom. The van der Waals surface area contributed by atoms with Gasteiger partial charge in [0.15, 0.2) is 0 Å². The van der Waals surface area contributed by atoms with Crippen molar-refractivity contribution in [2.24, 2.45) is 50.2 Å². The summed E-state index contributed by atoms with van der Waals surface area (Å²) in [5, 5.41) is 47.1. The standard InChI is InChI=1S/C41H66O8/c1-12-15-29-38(9)18-17-30(42)39(10,23-48-34(46)25(4)13-2)28(38)16-19-40(29,11)37(8)21-27-20-36(6,7)32(44)33(45)41(27,31(43)22-37)24-49-35(47)26(5)14-3/h12-14,27-33,42-45H,1,15-24H2,2-11H3/b25-13-,26-14-/t27?,28?,29?,30-,31+,32-,33-,37-,38-,39+,40+,41-/m0/s1. The highest BCUT2D eigenvalue weighted by Crippen LogP contribution is 2.73. The fraction of sp³-hybridized carbons (Fsp3) is 0.805. The number of hydrogen-bond donors (Lipinski definition) is 4. The number of fused-ring (bicyclic) bond motifs is 2. The van der Waals surface area contributed by atoms with E-state index in [2.05, 4.69) is 34.3 Å². The Balaban J connectivity index is 1.74. The number of aliphatic hydroxyl groups excluding tert-OH is 4. The van der Waals surface area contributed by atoms with Crippen LogP contribution in [0.5, 0.6) is 0 Å².